The number of nitrogens with one attached hydrogen (secondary N) is 2. The number of fused-ring (bicyclic) bond motifs is 1. The van der Waals surface area contributed by atoms with Crippen LogP contribution in [0.25, 0.3) is 0 Å². The van der Waals surface area contributed by atoms with Crippen molar-refractivity contribution in [2.24, 2.45) is 11.8 Å². The van der Waals surface area contributed by atoms with Gasteiger partial charge in [0.25, 0.3) is 5.91 Å². The molecule has 9 heteroatoms. The molecule has 2 aromatic rings. The molecule has 3 amide bonds. The van der Waals surface area contributed by atoms with Gasteiger partial charge in [-0.1, -0.05) is 32.3 Å². The van der Waals surface area contributed by atoms with Gasteiger partial charge in [0, 0.05) is 31.2 Å². The number of ether oxygens (including phenoxy) is 1. The van der Waals surface area contributed by atoms with Gasteiger partial charge in [-0.05, 0) is 69.1 Å². The lowest BCUT2D eigenvalue weighted by Gasteiger charge is -2.39. The Morgan fingerprint density at radius 2 is 1.85 bits per heavy atom. The summed E-state index contributed by atoms with van der Waals surface area (Å²) in [5.41, 5.74) is 1.14. The van der Waals surface area contributed by atoms with Crippen molar-refractivity contribution in [1.29, 1.82) is 0 Å². The van der Waals surface area contributed by atoms with Gasteiger partial charge in [-0.15, -0.1) is 0 Å². The highest BCUT2D eigenvalue weighted by atomic mass is 19.1. The highest BCUT2D eigenvalue weighted by molar-refractivity contribution is 6.04. The molecule has 0 aromatic heterocycles. The molecule has 1 aliphatic carbocycles. The molecular weight excluding hydrogens is 499 g/mol. The molecule has 0 saturated heterocycles. The van der Waals surface area contributed by atoms with Crippen LogP contribution in [0.1, 0.15) is 56.3 Å². The number of anilines is 2. The van der Waals surface area contributed by atoms with Crippen LogP contribution in [0.5, 0.6) is 5.75 Å². The Morgan fingerprint density at radius 1 is 1.13 bits per heavy atom. The minimum absolute atomic E-state index is 0.0222. The molecule has 4 rings (SSSR count). The van der Waals surface area contributed by atoms with E-state index in [2.05, 4.69) is 29.5 Å². The van der Waals surface area contributed by atoms with Crippen molar-refractivity contribution in [2.75, 3.05) is 43.9 Å². The van der Waals surface area contributed by atoms with E-state index in [9.17, 15) is 19.1 Å². The van der Waals surface area contributed by atoms with E-state index < -0.39 is 11.8 Å². The van der Waals surface area contributed by atoms with E-state index in [1.165, 1.54) is 56.4 Å². The maximum Gasteiger partial charge on any atom is 0.323 e. The quantitative estimate of drug-likeness (QED) is 0.428. The topological polar surface area (TPSA) is 94.1 Å². The van der Waals surface area contributed by atoms with E-state index in [-0.39, 0.29) is 30.6 Å². The average Bonchev–Trinajstić information content (AvgIpc) is 2.92. The number of carbonyl (C=O) groups excluding carboxylic acids is 2. The number of nitrogens with zero attached hydrogens (tertiary/aromatic N) is 2. The van der Waals surface area contributed by atoms with Crippen molar-refractivity contribution >= 4 is 23.3 Å². The van der Waals surface area contributed by atoms with Gasteiger partial charge in [0.15, 0.2) is 5.75 Å². The second kappa shape index (κ2) is 13.3. The number of aliphatic hydroxyl groups is 1. The first-order chi connectivity index (χ1) is 18.7. The number of likely N-dealkylation sites (N-methyl/N-ethyl adjacent to an activating group) is 1. The van der Waals surface area contributed by atoms with Crippen LogP contribution in [-0.2, 0) is 0 Å². The van der Waals surface area contributed by atoms with Gasteiger partial charge in [-0.3, -0.25) is 4.79 Å². The molecule has 0 bridgehead atoms. The molecule has 1 saturated carbocycles. The summed E-state index contributed by atoms with van der Waals surface area (Å²) in [5.74, 6) is 0.322. The second-order valence-corrected chi connectivity index (χ2v) is 11.1. The molecular formula is C30H41FN4O4. The van der Waals surface area contributed by atoms with E-state index in [4.69, 9.17) is 4.74 Å². The number of halogens is 1. The van der Waals surface area contributed by atoms with Crippen LogP contribution < -0.4 is 15.4 Å². The van der Waals surface area contributed by atoms with Crippen LogP contribution in [-0.4, -0.2) is 72.3 Å². The Morgan fingerprint density at radius 3 is 2.54 bits per heavy atom. The predicted octanol–water partition coefficient (Wildman–Crippen LogP) is 5.20. The number of carbonyl (C=O) groups is 2. The highest BCUT2D eigenvalue weighted by Crippen LogP contribution is 2.35. The molecule has 1 heterocycles. The van der Waals surface area contributed by atoms with E-state index in [1.807, 2.05) is 6.92 Å². The fourth-order valence-electron chi connectivity index (χ4n) is 5.57. The molecule has 1 aliphatic heterocycles. The summed E-state index contributed by atoms with van der Waals surface area (Å²) in [7, 11) is 2.12. The third-order valence-electron chi connectivity index (χ3n) is 7.83. The Hall–Kier alpha value is -3.17. The normalized spacial score (nSPS) is 21.0. The molecule has 0 radical (unpaired) electrons. The van der Waals surface area contributed by atoms with Gasteiger partial charge in [-0.2, -0.15) is 0 Å². The molecule has 1 fully saturated rings. The summed E-state index contributed by atoms with van der Waals surface area (Å²) in [6.07, 6.45) is 6.14. The van der Waals surface area contributed by atoms with Gasteiger partial charge in [0.2, 0.25) is 0 Å². The van der Waals surface area contributed by atoms with Crippen molar-refractivity contribution in [2.45, 2.75) is 58.1 Å². The Kier molecular flexibility index (Phi) is 9.80. The molecule has 0 spiro atoms. The summed E-state index contributed by atoms with van der Waals surface area (Å²) in [5, 5.41) is 15.4. The Labute approximate surface area is 230 Å². The van der Waals surface area contributed by atoms with Crippen LogP contribution >= 0.6 is 0 Å². The summed E-state index contributed by atoms with van der Waals surface area (Å²) >= 11 is 0. The zero-order chi connectivity index (χ0) is 27.9. The summed E-state index contributed by atoms with van der Waals surface area (Å²) in [6.45, 7) is 5.85. The first-order valence-corrected chi connectivity index (χ1v) is 14.0. The lowest BCUT2D eigenvalue weighted by molar-refractivity contribution is 0.0333. The predicted molar refractivity (Wildman–Crippen MR) is 151 cm³/mol. The van der Waals surface area contributed by atoms with Gasteiger partial charge >= 0.3 is 6.03 Å². The Balaban J connectivity index is 1.59. The number of hydrogen-bond acceptors (Lipinski definition) is 5. The summed E-state index contributed by atoms with van der Waals surface area (Å²) in [4.78, 5) is 30.5. The van der Waals surface area contributed by atoms with Gasteiger partial charge in [0.05, 0.1) is 23.9 Å². The molecule has 39 heavy (non-hydrogen) atoms. The average molecular weight is 541 g/mol. The maximum absolute atomic E-state index is 13.6. The molecule has 212 valence electrons. The molecule has 0 unspecified atom stereocenters. The number of para-hydroxylation sites is 1. The van der Waals surface area contributed by atoms with Crippen LogP contribution in [0.3, 0.4) is 0 Å². The molecule has 2 aromatic carbocycles. The lowest BCUT2D eigenvalue weighted by Crippen LogP contribution is -2.50. The standard InChI is InChI=1S/C30H41FN4O4/c1-20-16-35(21(2)19-36)29(37)25-10-7-11-26(33-30(38)32-24-14-12-23(31)13-15-24)28(25)39-27(20)18-34(3)17-22-8-5-4-6-9-22/h7,10-15,20-22,27,36H,4-6,8-9,16-19H2,1-3H3,(H2,32,33,38)/t20-,21+,27+/m0/s1. The van der Waals surface area contributed by atoms with Crippen LogP contribution in [0.4, 0.5) is 20.6 Å². The van der Waals surface area contributed by atoms with Crippen molar-refractivity contribution in [1.82, 2.24) is 9.80 Å². The molecule has 2 aliphatic rings. The third-order valence-corrected chi connectivity index (χ3v) is 7.83. The zero-order valence-electron chi connectivity index (χ0n) is 23.2. The number of urea groups is 1. The van der Waals surface area contributed by atoms with E-state index in [1.54, 1.807) is 23.1 Å². The fourth-order valence-corrected chi connectivity index (χ4v) is 5.57. The fraction of sp³-hybridized carbons (Fsp3) is 0.533. The SMILES string of the molecule is C[C@H](CO)N1C[C@H](C)[C@@H](CN(C)CC2CCCCC2)Oc2c(NC(=O)Nc3ccc(F)cc3)cccc2C1=O. The second-order valence-electron chi connectivity index (χ2n) is 11.1. The summed E-state index contributed by atoms with van der Waals surface area (Å²) < 4.78 is 19.9. The van der Waals surface area contributed by atoms with Crippen LogP contribution in [0, 0.1) is 17.7 Å². The van der Waals surface area contributed by atoms with Crippen LogP contribution in [0.2, 0.25) is 0 Å². The van der Waals surface area contributed by atoms with Crippen molar-refractivity contribution in [3.05, 3.63) is 53.8 Å². The summed E-state index contributed by atoms with van der Waals surface area (Å²) in [6, 6.07) is 9.66. The zero-order valence-corrected chi connectivity index (χ0v) is 23.2. The largest absolute Gasteiger partial charge is 0.486 e. The van der Waals surface area contributed by atoms with Gasteiger partial charge < -0.3 is 30.3 Å². The number of hydrogen-bond donors (Lipinski definition) is 3. The molecule has 8 nitrogen and oxygen atoms in total. The lowest BCUT2D eigenvalue weighted by atomic mass is 9.89. The first kappa shape index (κ1) is 28.8. The molecule has 3 N–H and O–H groups in total. The van der Waals surface area contributed by atoms with Crippen molar-refractivity contribution < 1.29 is 23.8 Å². The first-order valence-electron chi connectivity index (χ1n) is 14.0. The third kappa shape index (κ3) is 7.48. The Bertz CT molecular complexity index is 1120. The van der Waals surface area contributed by atoms with E-state index >= 15 is 0 Å². The van der Waals surface area contributed by atoms with E-state index in [0.717, 1.165) is 6.54 Å². The monoisotopic (exact) mass is 540 g/mol. The smallest absolute Gasteiger partial charge is 0.323 e. The molecule has 3 atom stereocenters. The van der Waals surface area contributed by atoms with Crippen LogP contribution in [0.15, 0.2) is 42.5 Å². The van der Waals surface area contributed by atoms with Gasteiger partial charge in [-0.25, -0.2) is 9.18 Å². The maximum atomic E-state index is 13.6. The van der Waals surface area contributed by atoms with Gasteiger partial charge in [0.1, 0.15) is 11.9 Å². The van der Waals surface area contributed by atoms with Crippen molar-refractivity contribution in [3.63, 3.8) is 0 Å². The minimum atomic E-state index is -0.535. The number of aliphatic hydroxyl groups excluding tert-OH is 1. The number of benzene rings is 2. The number of rotatable bonds is 8. The minimum Gasteiger partial charge on any atom is -0.486 e. The van der Waals surface area contributed by atoms with Crippen molar-refractivity contribution in [3.8, 4) is 5.75 Å². The van der Waals surface area contributed by atoms with E-state index in [0.29, 0.717) is 41.7 Å². The number of amides is 3. The highest BCUT2D eigenvalue weighted by Gasteiger charge is 2.35.